The highest BCUT2D eigenvalue weighted by Gasteiger charge is 2.39. The van der Waals surface area contributed by atoms with E-state index in [0.717, 1.165) is 17.8 Å². The fourth-order valence-corrected chi connectivity index (χ4v) is 4.12. The molecule has 0 saturated heterocycles. The highest BCUT2D eigenvalue weighted by molar-refractivity contribution is 6.18. The average molecular weight is 506 g/mol. The van der Waals surface area contributed by atoms with E-state index in [-0.39, 0.29) is 17.2 Å². The second-order valence-corrected chi connectivity index (χ2v) is 8.86. The van der Waals surface area contributed by atoms with Gasteiger partial charge < -0.3 is 11.1 Å². The van der Waals surface area contributed by atoms with Crippen LogP contribution >= 0.6 is 0 Å². The van der Waals surface area contributed by atoms with Gasteiger partial charge in [0, 0.05) is 17.8 Å². The van der Waals surface area contributed by atoms with Crippen molar-refractivity contribution in [1.82, 2.24) is 5.32 Å². The van der Waals surface area contributed by atoms with Crippen LogP contribution in [0.2, 0.25) is 0 Å². The molecule has 1 atom stereocenters. The Morgan fingerprint density at radius 2 is 1.56 bits per heavy atom. The van der Waals surface area contributed by atoms with Gasteiger partial charge in [0.1, 0.15) is 5.84 Å². The molecule has 0 fully saturated rings. The minimum absolute atomic E-state index is 0.120. The summed E-state index contributed by atoms with van der Waals surface area (Å²) >= 11 is 0. The van der Waals surface area contributed by atoms with Gasteiger partial charge in [-0.15, -0.1) is 0 Å². The van der Waals surface area contributed by atoms with Crippen LogP contribution in [0.15, 0.2) is 76.5 Å². The fourth-order valence-electron chi connectivity index (χ4n) is 4.12. The maximum atomic E-state index is 13.3. The number of nitrogens with two attached hydrogens (primary N) is 1. The number of benzene rings is 2. The monoisotopic (exact) mass is 506 g/mol. The van der Waals surface area contributed by atoms with Crippen molar-refractivity contribution in [2.24, 2.45) is 21.1 Å². The molecule has 1 unspecified atom stereocenters. The fraction of sp³-hybridized carbons (Fsp3) is 0.308. The molecular formula is C26H24F6N4. The van der Waals surface area contributed by atoms with Crippen LogP contribution < -0.4 is 11.1 Å². The number of halogens is 6. The Morgan fingerprint density at radius 1 is 0.944 bits per heavy atom. The Hall–Kier alpha value is -3.40. The van der Waals surface area contributed by atoms with Crippen molar-refractivity contribution in [3.8, 4) is 11.1 Å². The van der Waals surface area contributed by atoms with Crippen LogP contribution in [0.1, 0.15) is 36.5 Å². The zero-order valence-corrected chi connectivity index (χ0v) is 19.3. The van der Waals surface area contributed by atoms with Gasteiger partial charge in [-0.2, -0.15) is 26.3 Å². The molecule has 0 radical (unpaired) electrons. The first-order valence-corrected chi connectivity index (χ1v) is 11.3. The maximum absolute atomic E-state index is 13.3. The predicted octanol–water partition coefficient (Wildman–Crippen LogP) is 6.34. The Kier molecular flexibility index (Phi) is 6.83. The Bertz CT molecular complexity index is 1220. The lowest BCUT2D eigenvalue weighted by molar-refractivity contribution is -0.143. The van der Waals surface area contributed by atoms with Gasteiger partial charge in [0.25, 0.3) is 0 Å². The molecule has 36 heavy (non-hydrogen) atoms. The van der Waals surface area contributed by atoms with Crippen molar-refractivity contribution < 1.29 is 26.3 Å². The molecular weight excluding hydrogens is 482 g/mol. The molecule has 0 spiro atoms. The van der Waals surface area contributed by atoms with Crippen LogP contribution in [0.25, 0.3) is 11.1 Å². The van der Waals surface area contributed by atoms with Crippen molar-refractivity contribution in [3.63, 3.8) is 0 Å². The van der Waals surface area contributed by atoms with Gasteiger partial charge >= 0.3 is 12.4 Å². The van der Waals surface area contributed by atoms with Crippen molar-refractivity contribution in [2.75, 3.05) is 13.1 Å². The second-order valence-electron chi connectivity index (χ2n) is 8.86. The summed E-state index contributed by atoms with van der Waals surface area (Å²) in [6.07, 6.45) is -2.69. The van der Waals surface area contributed by atoms with Crippen molar-refractivity contribution in [1.29, 1.82) is 0 Å². The first-order chi connectivity index (χ1) is 16.9. The normalized spacial score (nSPS) is 21.1. The van der Waals surface area contributed by atoms with E-state index in [2.05, 4.69) is 10.3 Å². The number of hydrogen-bond acceptors (Lipinski definition) is 3. The lowest BCUT2D eigenvalue weighted by Gasteiger charge is -2.36. The lowest BCUT2D eigenvalue weighted by Crippen LogP contribution is -2.39. The molecule has 190 valence electrons. The number of hydrogen-bond donors (Lipinski definition) is 2. The SMILES string of the molecule is CC12CC=CNC1=CC(c1ccc(-c3cc(C(F)(F)F)cc(C(F)(F)F)c3)cc1)=NC2=NCCCN. The van der Waals surface area contributed by atoms with Crippen molar-refractivity contribution in [2.45, 2.75) is 32.1 Å². The predicted molar refractivity (Wildman–Crippen MR) is 127 cm³/mol. The van der Waals surface area contributed by atoms with E-state index in [1.54, 1.807) is 12.1 Å². The van der Waals surface area contributed by atoms with E-state index in [0.29, 0.717) is 43.0 Å². The van der Waals surface area contributed by atoms with E-state index in [4.69, 9.17) is 10.7 Å². The van der Waals surface area contributed by atoms with Crippen LogP contribution in [-0.2, 0) is 12.4 Å². The zero-order chi connectivity index (χ0) is 26.1. The van der Waals surface area contributed by atoms with Gasteiger partial charge in [0.2, 0.25) is 0 Å². The molecule has 0 amide bonds. The molecule has 2 aliphatic heterocycles. The summed E-state index contributed by atoms with van der Waals surface area (Å²) in [4.78, 5) is 9.41. The third kappa shape index (κ3) is 5.23. The highest BCUT2D eigenvalue weighted by atomic mass is 19.4. The zero-order valence-electron chi connectivity index (χ0n) is 19.3. The number of rotatable bonds is 5. The number of alkyl halides is 6. The molecule has 10 heteroatoms. The van der Waals surface area contributed by atoms with E-state index in [1.807, 2.05) is 25.3 Å². The van der Waals surface area contributed by atoms with Gasteiger partial charge in [0.15, 0.2) is 0 Å². The molecule has 4 nitrogen and oxygen atoms in total. The van der Waals surface area contributed by atoms with Crippen molar-refractivity contribution >= 4 is 11.5 Å². The summed E-state index contributed by atoms with van der Waals surface area (Å²) in [5.74, 6) is 0.636. The van der Waals surface area contributed by atoms with E-state index in [9.17, 15) is 26.3 Å². The first kappa shape index (κ1) is 25.7. The molecule has 0 bridgehead atoms. The first-order valence-electron chi connectivity index (χ1n) is 11.3. The molecule has 0 aliphatic carbocycles. The summed E-state index contributed by atoms with van der Waals surface area (Å²) in [5.41, 5.74) is 4.63. The number of allylic oxidation sites excluding steroid dienone is 2. The van der Waals surface area contributed by atoms with E-state index < -0.39 is 28.9 Å². The summed E-state index contributed by atoms with van der Waals surface area (Å²) in [7, 11) is 0. The number of amidine groups is 1. The van der Waals surface area contributed by atoms with Crippen LogP contribution in [0.4, 0.5) is 26.3 Å². The number of nitrogens with one attached hydrogen (secondary N) is 1. The van der Waals surface area contributed by atoms with Gasteiger partial charge in [-0.3, -0.25) is 4.99 Å². The van der Waals surface area contributed by atoms with Gasteiger partial charge in [-0.25, -0.2) is 4.99 Å². The number of aliphatic imine (C=N–C) groups is 2. The van der Waals surface area contributed by atoms with Gasteiger partial charge in [-0.05, 0) is 67.9 Å². The van der Waals surface area contributed by atoms with Gasteiger partial charge in [-0.1, -0.05) is 30.3 Å². The molecule has 0 saturated carbocycles. The van der Waals surface area contributed by atoms with E-state index in [1.165, 1.54) is 12.1 Å². The summed E-state index contributed by atoms with van der Waals surface area (Å²) in [6.45, 7) is 3.05. The largest absolute Gasteiger partial charge is 0.416 e. The number of fused-ring (bicyclic) bond motifs is 1. The molecule has 2 heterocycles. The van der Waals surface area contributed by atoms with Crippen LogP contribution in [0.3, 0.4) is 0 Å². The Morgan fingerprint density at radius 3 is 2.14 bits per heavy atom. The smallest absolute Gasteiger partial charge is 0.364 e. The topological polar surface area (TPSA) is 62.8 Å². The highest BCUT2D eigenvalue weighted by Crippen LogP contribution is 2.40. The summed E-state index contributed by atoms with van der Waals surface area (Å²) in [5, 5.41) is 3.24. The molecule has 3 N–H and O–H groups in total. The van der Waals surface area contributed by atoms with Crippen LogP contribution in [0.5, 0.6) is 0 Å². The minimum Gasteiger partial charge on any atom is -0.364 e. The number of dihydropyridines is 1. The van der Waals surface area contributed by atoms with Crippen LogP contribution in [-0.4, -0.2) is 24.6 Å². The summed E-state index contributed by atoms with van der Waals surface area (Å²) in [6, 6.07) is 7.77. The average Bonchev–Trinajstić information content (AvgIpc) is 2.83. The second kappa shape index (κ2) is 9.57. The lowest BCUT2D eigenvalue weighted by atomic mass is 9.77. The molecule has 4 rings (SSSR count). The minimum atomic E-state index is -4.91. The summed E-state index contributed by atoms with van der Waals surface area (Å²) < 4.78 is 79.5. The molecule has 2 aromatic carbocycles. The quantitative estimate of drug-likeness (QED) is 0.367. The number of nitrogens with zero attached hydrogens (tertiary/aromatic N) is 2. The standard InChI is InChI=1S/C26H24F6N4/c1-24-8-2-10-34-22(24)15-21(36-23(24)35-11-3-9-33)17-6-4-16(5-7-17)18-12-19(25(27,28)29)14-20(13-18)26(30,31)32/h2,4-7,10,12-15,34H,3,8-9,11,33H2,1H3. The maximum Gasteiger partial charge on any atom is 0.416 e. The van der Waals surface area contributed by atoms with Crippen LogP contribution in [0, 0.1) is 5.41 Å². The Labute approximate surface area is 204 Å². The third-order valence-electron chi connectivity index (χ3n) is 6.20. The Balaban J connectivity index is 1.72. The van der Waals surface area contributed by atoms with Crippen molar-refractivity contribution in [3.05, 3.63) is 83.2 Å². The van der Waals surface area contributed by atoms with Gasteiger partial charge in [0.05, 0.1) is 22.3 Å². The molecule has 0 aromatic heterocycles. The third-order valence-corrected chi connectivity index (χ3v) is 6.20. The molecule has 2 aliphatic rings. The molecule has 2 aromatic rings. The van der Waals surface area contributed by atoms with E-state index >= 15 is 0 Å².